The minimum Gasteiger partial charge on any atom is -0.478 e. The summed E-state index contributed by atoms with van der Waals surface area (Å²) in [5.74, 6) is -0.449. The number of allylic oxidation sites excluding steroid dienone is 2. The Morgan fingerprint density at radius 3 is 2.58 bits per heavy atom. The maximum Gasteiger partial charge on any atom is 0.339 e. The molecule has 6 heteroatoms. The highest BCUT2D eigenvalue weighted by Gasteiger charge is 2.20. The Hall–Kier alpha value is -2.99. The number of hydrogen-bond acceptors (Lipinski definition) is 5. The summed E-state index contributed by atoms with van der Waals surface area (Å²) in [5, 5.41) is 13.6. The predicted octanol–water partition coefficient (Wildman–Crippen LogP) is 7.36. The summed E-state index contributed by atoms with van der Waals surface area (Å²) in [6, 6.07) is 11.3. The maximum atomic E-state index is 11.9. The molecule has 0 bridgehead atoms. The molecule has 0 saturated carbocycles. The molecule has 2 heterocycles. The van der Waals surface area contributed by atoms with Gasteiger partial charge < -0.3 is 10.4 Å². The maximum absolute atomic E-state index is 11.9. The van der Waals surface area contributed by atoms with Crippen molar-refractivity contribution in [2.24, 2.45) is 0 Å². The van der Waals surface area contributed by atoms with Gasteiger partial charge in [-0.05, 0) is 42.9 Å². The molecule has 0 fully saturated rings. The van der Waals surface area contributed by atoms with Crippen molar-refractivity contribution in [3.8, 4) is 11.1 Å². The van der Waals surface area contributed by atoms with Crippen LogP contribution in [0.15, 0.2) is 48.7 Å². The minimum atomic E-state index is -1.02. The lowest BCUT2D eigenvalue weighted by atomic mass is 10.0. The summed E-state index contributed by atoms with van der Waals surface area (Å²) in [5.41, 5.74) is 4.15. The van der Waals surface area contributed by atoms with Gasteiger partial charge in [-0.15, -0.1) is 0 Å². The van der Waals surface area contributed by atoms with Crippen LogP contribution in [0.3, 0.4) is 0 Å². The van der Waals surface area contributed by atoms with E-state index in [0.717, 1.165) is 36.1 Å². The van der Waals surface area contributed by atoms with Crippen LogP contribution in [0, 0.1) is 0 Å². The Morgan fingerprint density at radius 2 is 1.97 bits per heavy atom. The fourth-order valence-electron chi connectivity index (χ4n) is 3.38. The molecule has 0 aliphatic heterocycles. The van der Waals surface area contributed by atoms with Crippen molar-refractivity contribution in [3.05, 3.63) is 64.8 Å². The van der Waals surface area contributed by atoms with Gasteiger partial charge in [-0.25, -0.2) is 14.8 Å². The van der Waals surface area contributed by atoms with E-state index in [-0.39, 0.29) is 11.5 Å². The molecular formula is C25H29N3O2S. The highest BCUT2D eigenvalue weighted by atomic mass is 32.1. The van der Waals surface area contributed by atoms with Crippen LogP contribution in [-0.4, -0.2) is 21.0 Å². The molecule has 5 nitrogen and oxygen atoms in total. The van der Waals surface area contributed by atoms with Crippen LogP contribution in [0.2, 0.25) is 0 Å². The molecule has 2 N–H and O–H groups in total. The largest absolute Gasteiger partial charge is 0.478 e. The fourth-order valence-corrected chi connectivity index (χ4v) is 4.60. The molecule has 0 spiro atoms. The van der Waals surface area contributed by atoms with Crippen LogP contribution in [0.1, 0.15) is 73.8 Å². The molecule has 0 saturated heterocycles. The van der Waals surface area contributed by atoms with Gasteiger partial charge in [-0.2, -0.15) is 0 Å². The third kappa shape index (κ3) is 5.39. The van der Waals surface area contributed by atoms with Crippen molar-refractivity contribution in [1.29, 1.82) is 0 Å². The minimum absolute atomic E-state index is 0.126. The molecule has 2 aromatic heterocycles. The Balaban J connectivity index is 1.96. The van der Waals surface area contributed by atoms with Gasteiger partial charge in [0.2, 0.25) is 0 Å². The number of hydrogen-bond donors (Lipinski definition) is 2. The first kappa shape index (κ1) is 22.7. The van der Waals surface area contributed by atoms with Crippen molar-refractivity contribution in [2.75, 3.05) is 5.32 Å². The molecule has 3 rings (SSSR count). The zero-order valence-corrected chi connectivity index (χ0v) is 19.3. The van der Waals surface area contributed by atoms with Crippen molar-refractivity contribution in [2.45, 2.75) is 52.9 Å². The van der Waals surface area contributed by atoms with Crippen LogP contribution in [0.5, 0.6) is 0 Å². The molecule has 0 unspecified atom stereocenters. The Morgan fingerprint density at radius 1 is 1.23 bits per heavy atom. The standard InChI is InChI=1S/C25H29N3O2S/c1-5-7-11-17(6-2)22-21(16(3)4)27-25(31-22)28-23-20(24(29)30)14-19(15-26-23)18-12-9-8-10-13-18/h6,8-10,12-16H,5,7,11H2,1-4H3,(H,29,30)(H,26,27,28)/b17-6+. The van der Waals surface area contributed by atoms with Crippen LogP contribution >= 0.6 is 11.3 Å². The molecule has 31 heavy (non-hydrogen) atoms. The third-order valence-electron chi connectivity index (χ3n) is 5.09. The molecule has 0 aliphatic rings. The van der Waals surface area contributed by atoms with E-state index in [1.807, 2.05) is 30.3 Å². The average molecular weight is 436 g/mol. The van der Waals surface area contributed by atoms with E-state index in [4.69, 9.17) is 4.98 Å². The van der Waals surface area contributed by atoms with E-state index in [1.165, 1.54) is 10.5 Å². The second-order valence-corrected chi connectivity index (χ2v) is 8.72. The summed E-state index contributed by atoms with van der Waals surface area (Å²) in [6.45, 7) is 8.51. The van der Waals surface area contributed by atoms with Crippen molar-refractivity contribution in [1.82, 2.24) is 9.97 Å². The molecule has 3 aromatic rings. The lowest BCUT2D eigenvalue weighted by Gasteiger charge is -2.09. The summed E-state index contributed by atoms with van der Waals surface area (Å²) in [7, 11) is 0. The van der Waals surface area contributed by atoms with E-state index in [0.29, 0.717) is 10.9 Å². The number of carbonyl (C=O) groups is 1. The van der Waals surface area contributed by atoms with Gasteiger partial charge in [-0.1, -0.05) is 74.9 Å². The highest BCUT2D eigenvalue weighted by molar-refractivity contribution is 7.16. The third-order valence-corrected chi connectivity index (χ3v) is 6.15. The van der Waals surface area contributed by atoms with Gasteiger partial charge in [0.25, 0.3) is 0 Å². The van der Waals surface area contributed by atoms with Crippen LogP contribution in [0.4, 0.5) is 10.9 Å². The van der Waals surface area contributed by atoms with Gasteiger partial charge >= 0.3 is 5.97 Å². The molecule has 0 amide bonds. The molecule has 1 aromatic carbocycles. The Bertz CT molecular complexity index is 1070. The van der Waals surface area contributed by atoms with Gasteiger partial charge in [0.05, 0.1) is 10.6 Å². The number of carboxylic acid groups (broad SMARTS) is 1. The quantitative estimate of drug-likeness (QED) is 0.367. The van der Waals surface area contributed by atoms with Crippen molar-refractivity contribution < 1.29 is 9.90 Å². The first-order valence-corrected chi connectivity index (χ1v) is 11.5. The summed E-state index contributed by atoms with van der Waals surface area (Å²) < 4.78 is 0. The van der Waals surface area contributed by atoms with Crippen LogP contribution < -0.4 is 5.32 Å². The number of nitrogens with one attached hydrogen (secondary N) is 1. The molecule has 162 valence electrons. The number of anilines is 2. The SMILES string of the molecule is C/C=C(\CCCC)c1sc(Nc2ncc(-c3ccccc3)cc2C(=O)O)nc1C(C)C. The number of carboxylic acids is 1. The molecule has 0 atom stereocenters. The van der Waals surface area contributed by atoms with Crippen molar-refractivity contribution >= 4 is 33.8 Å². The molecule has 0 aliphatic carbocycles. The Kier molecular flexibility index (Phi) is 7.58. The smallest absolute Gasteiger partial charge is 0.339 e. The topological polar surface area (TPSA) is 75.1 Å². The van der Waals surface area contributed by atoms with E-state index in [2.05, 4.69) is 44.1 Å². The fraction of sp³-hybridized carbons (Fsp3) is 0.320. The van der Waals surface area contributed by atoms with Crippen molar-refractivity contribution in [3.63, 3.8) is 0 Å². The number of nitrogens with zero attached hydrogens (tertiary/aromatic N) is 2. The second kappa shape index (κ2) is 10.4. The summed E-state index contributed by atoms with van der Waals surface area (Å²) in [6.07, 6.45) is 7.13. The first-order chi connectivity index (χ1) is 14.9. The van der Waals surface area contributed by atoms with Crippen LogP contribution in [0.25, 0.3) is 16.7 Å². The number of thiazole rings is 1. The second-order valence-electron chi connectivity index (χ2n) is 7.72. The van der Waals surface area contributed by atoms with E-state index < -0.39 is 5.97 Å². The summed E-state index contributed by atoms with van der Waals surface area (Å²) in [4.78, 5) is 22.3. The van der Waals surface area contributed by atoms with E-state index in [9.17, 15) is 9.90 Å². The predicted molar refractivity (Wildman–Crippen MR) is 129 cm³/mol. The number of rotatable bonds is 9. The van der Waals surface area contributed by atoms with Crippen LogP contribution in [-0.2, 0) is 0 Å². The average Bonchev–Trinajstić information content (AvgIpc) is 3.19. The lowest BCUT2D eigenvalue weighted by Crippen LogP contribution is -2.05. The number of pyridine rings is 1. The highest BCUT2D eigenvalue weighted by Crippen LogP contribution is 2.37. The number of benzene rings is 1. The van der Waals surface area contributed by atoms with Gasteiger partial charge in [0, 0.05) is 11.8 Å². The number of unbranched alkanes of at least 4 members (excludes halogenated alkanes) is 1. The van der Waals surface area contributed by atoms with Gasteiger partial charge in [0.15, 0.2) is 5.13 Å². The lowest BCUT2D eigenvalue weighted by molar-refractivity contribution is 0.0697. The molecule has 0 radical (unpaired) electrons. The number of aromatic nitrogens is 2. The Labute approximate surface area is 187 Å². The van der Waals surface area contributed by atoms with Gasteiger partial charge in [0.1, 0.15) is 11.4 Å². The zero-order valence-electron chi connectivity index (χ0n) is 18.5. The molecular weight excluding hydrogens is 406 g/mol. The van der Waals surface area contributed by atoms with E-state index >= 15 is 0 Å². The monoisotopic (exact) mass is 435 g/mol. The number of aromatic carboxylic acids is 1. The summed E-state index contributed by atoms with van der Waals surface area (Å²) >= 11 is 1.56. The zero-order chi connectivity index (χ0) is 22.4. The van der Waals surface area contributed by atoms with E-state index in [1.54, 1.807) is 23.6 Å². The first-order valence-electron chi connectivity index (χ1n) is 10.7. The normalized spacial score (nSPS) is 11.7. The van der Waals surface area contributed by atoms with Gasteiger partial charge in [-0.3, -0.25) is 0 Å².